The summed E-state index contributed by atoms with van der Waals surface area (Å²) >= 11 is 0. The summed E-state index contributed by atoms with van der Waals surface area (Å²) in [6.07, 6.45) is 0. The first kappa shape index (κ1) is 3.56. The van der Waals surface area contributed by atoms with Crippen LogP contribution >= 0.6 is 0 Å². The molecule has 1 spiro atoms. The smallest absolute Gasteiger partial charge is 0.0581 e. The summed E-state index contributed by atoms with van der Waals surface area (Å²) in [5.74, 6) is 8.16. The summed E-state index contributed by atoms with van der Waals surface area (Å²) in [4.78, 5) is 0. The van der Waals surface area contributed by atoms with Gasteiger partial charge in [0.1, 0.15) is 17.3 Å². The molecule has 2 atom stereocenters. The zero-order valence-electron chi connectivity index (χ0n) is 5.36. The molecule has 0 aliphatic heterocycles. The first-order valence-corrected chi connectivity index (χ1v) is 3.59. The van der Waals surface area contributed by atoms with Crippen molar-refractivity contribution >= 4 is 0 Å². The second-order valence-electron chi connectivity index (χ2n) is 4.19. The average molecular weight is 115 g/mol. The van der Waals surface area contributed by atoms with Gasteiger partial charge in [0.2, 0.25) is 0 Å². The number of hydrogen-bond donors (Lipinski definition) is 0. The lowest BCUT2D eigenvalue weighted by Gasteiger charge is -2.21. The van der Waals surface area contributed by atoms with Crippen molar-refractivity contribution in [2.75, 3.05) is 0 Å². The molecule has 0 aromatic rings. The third-order valence-electron chi connectivity index (χ3n) is 4.56. The highest BCUT2D eigenvalue weighted by atomic mass is 15.4. The Balaban J connectivity index is 1.89. The van der Waals surface area contributed by atoms with E-state index in [9.17, 15) is 0 Å². The maximum atomic E-state index is 3.56. The van der Waals surface area contributed by atoms with Gasteiger partial charge in [0.25, 0.3) is 0 Å². The molecule has 0 heterocycles. The molecule has 0 bridgehead atoms. The van der Waals surface area contributed by atoms with Crippen LogP contribution in [-0.2, 0) is 0 Å². The van der Waals surface area contributed by atoms with Gasteiger partial charge >= 0.3 is 0 Å². The Kier molecular flexibility index (Phi) is 0.188. The van der Waals surface area contributed by atoms with Crippen molar-refractivity contribution in [2.45, 2.75) is 6.92 Å². The molecule has 0 amide bonds. The first-order chi connectivity index (χ1) is 4.29. The second-order valence-corrected chi connectivity index (χ2v) is 4.19. The molecule has 0 N–H and O–H groups in total. The molecule has 2 unspecified atom stereocenters. The molecule has 9 heavy (non-hydrogen) atoms. The fraction of sp³-hybridized carbons (Fsp3) is 0.667. The highest BCUT2D eigenvalue weighted by molar-refractivity contribution is 5.84. The summed E-state index contributed by atoms with van der Waals surface area (Å²) in [7, 11) is 0. The Morgan fingerprint density at radius 3 is 2.33 bits per heavy atom. The highest BCUT2D eigenvalue weighted by Crippen LogP contribution is 3.35. The average Bonchev–Trinajstić information content (AvgIpc) is 2.59. The Morgan fingerprint density at radius 2 is 2.00 bits per heavy atom. The lowest BCUT2D eigenvalue weighted by atomic mass is 9.76. The topological polar surface area (TPSA) is 0 Å². The van der Waals surface area contributed by atoms with E-state index < -0.39 is 0 Å². The Bertz CT molecular complexity index is 301. The maximum absolute atomic E-state index is 3.56. The number of rotatable bonds is 0. The molecule has 42 valence electrons. The van der Waals surface area contributed by atoms with E-state index in [2.05, 4.69) is 25.7 Å². The van der Waals surface area contributed by atoms with E-state index >= 15 is 0 Å². The fourth-order valence-corrected chi connectivity index (χ4v) is 4.22. The van der Waals surface area contributed by atoms with Crippen molar-refractivity contribution in [2.24, 2.45) is 28.1 Å². The van der Waals surface area contributed by atoms with Crippen molar-refractivity contribution in [3.63, 3.8) is 0 Å². The second kappa shape index (κ2) is 0.475. The van der Waals surface area contributed by atoms with Crippen LogP contribution in [0.3, 0.4) is 0 Å². The van der Waals surface area contributed by atoms with Crippen LogP contribution < -0.4 is 0 Å². The summed E-state index contributed by atoms with van der Waals surface area (Å²) in [5.41, 5.74) is 2.28. The zero-order valence-corrected chi connectivity index (χ0v) is 5.36. The van der Waals surface area contributed by atoms with E-state index in [1.807, 2.05) is 0 Å². The Labute approximate surface area is 54.6 Å². The summed E-state index contributed by atoms with van der Waals surface area (Å²) in [5, 5.41) is 0. The highest BCUT2D eigenvalue weighted by Gasteiger charge is 3.39. The van der Waals surface area contributed by atoms with Gasteiger partial charge in [-0.05, 0) is 5.41 Å². The maximum Gasteiger partial charge on any atom is 0.136 e. The van der Waals surface area contributed by atoms with E-state index in [0.29, 0.717) is 5.41 Å². The summed E-state index contributed by atoms with van der Waals surface area (Å²) in [6.45, 7) is 5.97. The normalized spacial score (nSPS) is 89.4. The molecule has 0 radical (unpaired) electrons. The number of hydrogen-bond acceptors (Lipinski definition) is 0. The minimum absolute atomic E-state index is 0.601. The molecule has 0 nitrogen and oxygen atoms in total. The first-order valence-electron chi connectivity index (χ1n) is 3.59. The summed E-state index contributed by atoms with van der Waals surface area (Å²) < 4.78 is 0. The zero-order chi connectivity index (χ0) is 6.07. The van der Waals surface area contributed by atoms with Crippen molar-refractivity contribution in [1.82, 2.24) is 0 Å². The van der Waals surface area contributed by atoms with E-state index in [4.69, 9.17) is 0 Å². The monoisotopic (exact) mass is 115 g/mol. The number of fused-ring (bicyclic) bond motifs is 4. The minimum Gasteiger partial charge on any atom is -0.0581 e. The molecule has 0 aromatic heterocycles. The van der Waals surface area contributed by atoms with E-state index in [0.717, 1.165) is 22.7 Å². The van der Waals surface area contributed by atoms with Gasteiger partial charge in [0, 0.05) is 17.3 Å². The lowest BCUT2D eigenvalue weighted by Crippen LogP contribution is -2.25. The van der Waals surface area contributed by atoms with Gasteiger partial charge in [0.05, 0.1) is 6.92 Å². The molecule has 4 aliphatic rings. The van der Waals surface area contributed by atoms with Gasteiger partial charge in [-0.2, -0.15) is 0 Å². The van der Waals surface area contributed by atoms with E-state index in [1.54, 1.807) is 0 Å². The van der Waals surface area contributed by atoms with Gasteiger partial charge in [-0.3, -0.25) is 0 Å². The Morgan fingerprint density at radius 1 is 1.44 bits per heavy atom. The fourth-order valence-electron chi connectivity index (χ4n) is 4.22. The molecule has 4 aliphatic carbocycles. The van der Waals surface area contributed by atoms with Crippen molar-refractivity contribution in [3.8, 4) is 11.8 Å². The van der Waals surface area contributed by atoms with Crippen LogP contribution in [0.25, 0.3) is 0 Å². The molecule has 4 saturated carbocycles. The van der Waals surface area contributed by atoms with Gasteiger partial charge in [-0.1, -0.05) is 6.92 Å². The molecule has 0 saturated heterocycles. The van der Waals surface area contributed by atoms with Gasteiger partial charge in [-0.25, -0.2) is 0 Å². The van der Waals surface area contributed by atoms with Gasteiger partial charge < -0.3 is 0 Å². The predicted octanol–water partition coefficient (Wildman–Crippen LogP) is 1.09. The van der Waals surface area contributed by atoms with Crippen molar-refractivity contribution in [1.29, 1.82) is 0 Å². The summed E-state index contributed by atoms with van der Waals surface area (Å²) in [6, 6.07) is 0. The van der Waals surface area contributed by atoms with Crippen molar-refractivity contribution in [3.05, 3.63) is 6.92 Å². The minimum atomic E-state index is 0.601. The van der Waals surface area contributed by atoms with Crippen LogP contribution in [0.5, 0.6) is 0 Å². The SMILES string of the molecule is [CH2+]C#CC12C3C4(C)C1C342. The molecule has 0 heteroatoms. The van der Waals surface area contributed by atoms with Crippen LogP contribution in [0.2, 0.25) is 0 Å². The molecule has 0 aromatic carbocycles. The van der Waals surface area contributed by atoms with E-state index in [-0.39, 0.29) is 0 Å². The predicted molar refractivity (Wildman–Crippen MR) is 33.1 cm³/mol. The van der Waals surface area contributed by atoms with Crippen LogP contribution in [-0.4, -0.2) is 0 Å². The quantitative estimate of drug-likeness (QED) is 0.327. The van der Waals surface area contributed by atoms with Crippen LogP contribution in [0, 0.1) is 46.8 Å². The van der Waals surface area contributed by atoms with Crippen LogP contribution in [0.1, 0.15) is 6.92 Å². The van der Waals surface area contributed by atoms with Gasteiger partial charge in [-0.15, -0.1) is 0 Å². The van der Waals surface area contributed by atoms with Gasteiger partial charge in [0.15, 0.2) is 0 Å². The third-order valence-corrected chi connectivity index (χ3v) is 4.56. The lowest BCUT2D eigenvalue weighted by molar-refractivity contribution is 0.237. The molecular weight excluding hydrogens is 108 g/mol. The van der Waals surface area contributed by atoms with E-state index in [1.165, 1.54) is 0 Å². The molecule has 4 rings (SSSR count). The van der Waals surface area contributed by atoms with Crippen molar-refractivity contribution < 1.29 is 0 Å². The Hall–Kier alpha value is -0.570. The largest absolute Gasteiger partial charge is 0.136 e. The third kappa shape index (κ3) is 0.0897. The standard InChI is InChI=1S/C9H7/c1-3-4-8-5-7(2)6(8)9(5,7)8/h5-6H,1H2,2H3/q+1. The van der Waals surface area contributed by atoms with Crippen LogP contribution in [0.4, 0.5) is 0 Å². The molecular formula is C9H7+. The molecule has 4 fully saturated rings. The van der Waals surface area contributed by atoms with Crippen LogP contribution in [0.15, 0.2) is 0 Å².